The molecular weight excluding hydrogens is 324 g/mol. The monoisotopic (exact) mass is 344 g/mol. The lowest BCUT2D eigenvalue weighted by Crippen LogP contribution is -2.01. The van der Waals surface area contributed by atoms with Gasteiger partial charge in [-0.3, -0.25) is 5.43 Å². The standard InChI is InChI=1S/C21H20N4O/c1-16-8-12-19(13-9-16)23-25-21(17-10-14-20(26-2)15-11-17)24-22-18-6-4-3-5-7-18/h3-15,22H,1-2H3/b24-21-,25-23?. The summed E-state index contributed by atoms with van der Waals surface area (Å²) in [5.41, 5.74) is 6.69. The number of amidine groups is 1. The molecule has 0 amide bonds. The topological polar surface area (TPSA) is 58.3 Å². The average Bonchev–Trinajstić information content (AvgIpc) is 2.70. The summed E-state index contributed by atoms with van der Waals surface area (Å²) < 4.78 is 5.21. The summed E-state index contributed by atoms with van der Waals surface area (Å²) in [6.45, 7) is 2.04. The summed E-state index contributed by atoms with van der Waals surface area (Å²) in [7, 11) is 1.64. The molecule has 0 aromatic heterocycles. The van der Waals surface area contributed by atoms with E-state index in [4.69, 9.17) is 4.74 Å². The van der Waals surface area contributed by atoms with Crippen LogP contribution in [0.25, 0.3) is 0 Å². The van der Waals surface area contributed by atoms with Gasteiger partial charge in [0.05, 0.1) is 18.5 Å². The molecule has 130 valence electrons. The summed E-state index contributed by atoms with van der Waals surface area (Å²) >= 11 is 0. The van der Waals surface area contributed by atoms with E-state index in [0.29, 0.717) is 5.84 Å². The molecule has 0 bridgehead atoms. The van der Waals surface area contributed by atoms with Gasteiger partial charge in [-0.15, -0.1) is 10.2 Å². The van der Waals surface area contributed by atoms with Gasteiger partial charge in [-0.25, -0.2) is 0 Å². The lowest BCUT2D eigenvalue weighted by Gasteiger charge is -2.05. The highest BCUT2D eigenvalue weighted by atomic mass is 16.5. The van der Waals surface area contributed by atoms with Crippen LogP contribution in [0.5, 0.6) is 5.75 Å². The minimum Gasteiger partial charge on any atom is -0.497 e. The van der Waals surface area contributed by atoms with Crippen molar-refractivity contribution in [1.82, 2.24) is 0 Å². The van der Waals surface area contributed by atoms with Gasteiger partial charge in [0.1, 0.15) is 5.75 Å². The van der Waals surface area contributed by atoms with Crippen LogP contribution < -0.4 is 10.2 Å². The second-order valence-corrected chi connectivity index (χ2v) is 5.68. The van der Waals surface area contributed by atoms with Crippen molar-refractivity contribution in [3.05, 3.63) is 90.0 Å². The number of benzene rings is 3. The Labute approximate surface area is 153 Å². The Morgan fingerprint density at radius 1 is 0.846 bits per heavy atom. The number of aryl methyl sites for hydroxylation is 1. The Morgan fingerprint density at radius 2 is 1.54 bits per heavy atom. The van der Waals surface area contributed by atoms with E-state index in [0.717, 1.165) is 22.7 Å². The molecule has 1 N–H and O–H groups in total. The summed E-state index contributed by atoms with van der Waals surface area (Å²) in [4.78, 5) is 0. The van der Waals surface area contributed by atoms with Crippen molar-refractivity contribution in [2.45, 2.75) is 6.92 Å². The van der Waals surface area contributed by atoms with Crippen LogP contribution in [-0.2, 0) is 0 Å². The number of para-hydroxylation sites is 1. The third-order valence-electron chi connectivity index (χ3n) is 3.71. The van der Waals surface area contributed by atoms with Crippen LogP contribution in [0.2, 0.25) is 0 Å². The molecule has 0 spiro atoms. The van der Waals surface area contributed by atoms with Gasteiger partial charge in [-0.1, -0.05) is 35.9 Å². The fraction of sp³-hybridized carbons (Fsp3) is 0.0952. The first-order valence-corrected chi connectivity index (χ1v) is 8.26. The van der Waals surface area contributed by atoms with E-state index < -0.39 is 0 Å². The molecule has 5 heteroatoms. The zero-order valence-electron chi connectivity index (χ0n) is 14.8. The SMILES string of the molecule is COc1ccc(/C(N=Nc2ccc(C)cc2)=N/Nc2ccccc2)cc1. The van der Waals surface area contributed by atoms with Crippen LogP contribution in [0.15, 0.2) is 94.2 Å². The first-order chi connectivity index (χ1) is 12.7. The molecule has 0 unspecified atom stereocenters. The predicted molar refractivity (Wildman–Crippen MR) is 105 cm³/mol. The number of azo groups is 1. The van der Waals surface area contributed by atoms with Crippen molar-refractivity contribution < 1.29 is 4.74 Å². The van der Waals surface area contributed by atoms with Crippen LogP contribution in [0.3, 0.4) is 0 Å². The van der Waals surface area contributed by atoms with Gasteiger partial charge in [0.25, 0.3) is 0 Å². The van der Waals surface area contributed by atoms with Gasteiger partial charge in [-0.2, -0.15) is 5.10 Å². The fourth-order valence-corrected chi connectivity index (χ4v) is 2.23. The lowest BCUT2D eigenvalue weighted by atomic mass is 10.2. The fourth-order valence-electron chi connectivity index (χ4n) is 2.23. The number of hydrogen-bond acceptors (Lipinski definition) is 4. The van der Waals surface area contributed by atoms with Crippen LogP contribution in [0, 0.1) is 6.92 Å². The van der Waals surface area contributed by atoms with Gasteiger partial charge in [0, 0.05) is 5.56 Å². The minimum atomic E-state index is 0.483. The Kier molecular flexibility index (Phi) is 5.72. The molecule has 0 fully saturated rings. The molecule has 3 rings (SSSR count). The van der Waals surface area contributed by atoms with Crippen LogP contribution in [-0.4, -0.2) is 12.9 Å². The quantitative estimate of drug-likeness (QED) is 0.285. The molecule has 26 heavy (non-hydrogen) atoms. The van der Waals surface area contributed by atoms with E-state index in [1.54, 1.807) is 7.11 Å². The maximum absolute atomic E-state index is 5.21. The van der Waals surface area contributed by atoms with E-state index in [1.807, 2.05) is 85.8 Å². The molecular formula is C21H20N4O. The van der Waals surface area contributed by atoms with Gasteiger partial charge < -0.3 is 4.74 Å². The van der Waals surface area contributed by atoms with Crippen molar-refractivity contribution in [1.29, 1.82) is 0 Å². The predicted octanol–water partition coefficient (Wildman–Crippen LogP) is 5.56. The summed E-state index contributed by atoms with van der Waals surface area (Å²) in [6.07, 6.45) is 0. The third-order valence-corrected chi connectivity index (χ3v) is 3.71. The summed E-state index contributed by atoms with van der Waals surface area (Å²) in [6, 6.07) is 25.1. The Morgan fingerprint density at radius 3 is 2.19 bits per heavy atom. The minimum absolute atomic E-state index is 0.483. The van der Waals surface area contributed by atoms with Crippen molar-refractivity contribution >= 4 is 17.2 Å². The third kappa shape index (κ3) is 4.77. The molecule has 0 aliphatic heterocycles. The zero-order chi connectivity index (χ0) is 18.2. The normalized spacial score (nSPS) is 11.5. The van der Waals surface area contributed by atoms with E-state index in [1.165, 1.54) is 5.56 Å². The molecule has 0 saturated carbocycles. The van der Waals surface area contributed by atoms with E-state index in [9.17, 15) is 0 Å². The maximum atomic E-state index is 5.21. The first kappa shape index (κ1) is 17.4. The highest BCUT2D eigenvalue weighted by molar-refractivity contribution is 5.99. The highest BCUT2D eigenvalue weighted by Crippen LogP contribution is 2.17. The summed E-state index contributed by atoms with van der Waals surface area (Å²) in [5, 5.41) is 13.1. The molecule has 0 atom stereocenters. The van der Waals surface area contributed by atoms with E-state index in [2.05, 4.69) is 20.8 Å². The number of methoxy groups -OCH3 is 1. The Balaban J connectivity index is 1.88. The maximum Gasteiger partial charge on any atom is 0.201 e. The number of hydrogen-bond donors (Lipinski definition) is 1. The average molecular weight is 344 g/mol. The van der Waals surface area contributed by atoms with Gasteiger partial charge >= 0.3 is 0 Å². The second-order valence-electron chi connectivity index (χ2n) is 5.68. The van der Waals surface area contributed by atoms with E-state index in [-0.39, 0.29) is 0 Å². The molecule has 0 aliphatic rings. The second kappa shape index (κ2) is 8.58. The van der Waals surface area contributed by atoms with Gasteiger partial charge in [-0.05, 0) is 55.5 Å². The van der Waals surface area contributed by atoms with Crippen LogP contribution in [0.4, 0.5) is 11.4 Å². The van der Waals surface area contributed by atoms with Gasteiger partial charge in [0.2, 0.25) is 5.84 Å². The Hall–Kier alpha value is -3.47. The number of rotatable bonds is 5. The summed E-state index contributed by atoms with van der Waals surface area (Å²) in [5.74, 6) is 1.26. The number of ether oxygens (including phenoxy) is 1. The largest absolute Gasteiger partial charge is 0.497 e. The molecule has 3 aromatic rings. The van der Waals surface area contributed by atoms with Crippen molar-refractivity contribution in [2.75, 3.05) is 12.5 Å². The zero-order valence-corrected chi connectivity index (χ0v) is 14.8. The van der Waals surface area contributed by atoms with Crippen molar-refractivity contribution in [3.8, 4) is 5.75 Å². The first-order valence-electron chi connectivity index (χ1n) is 8.26. The van der Waals surface area contributed by atoms with Crippen molar-refractivity contribution in [2.24, 2.45) is 15.3 Å². The van der Waals surface area contributed by atoms with Crippen LogP contribution in [0.1, 0.15) is 11.1 Å². The molecule has 0 radical (unpaired) electrons. The number of nitrogens with one attached hydrogen (secondary N) is 1. The molecule has 0 heterocycles. The number of anilines is 1. The van der Waals surface area contributed by atoms with Crippen molar-refractivity contribution in [3.63, 3.8) is 0 Å². The van der Waals surface area contributed by atoms with Crippen LogP contribution >= 0.6 is 0 Å². The molecule has 3 aromatic carbocycles. The van der Waals surface area contributed by atoms with Gasteiger partial charge in [0.15, 0.2) is 0 Å². The molecule has 0 aliphatic carbocycles. The van der Waals surface area contributed by atoms with E-state index >= 15 is 0 Å². The molecule has 0 saturated heterocycles. The lowest BCUT2D eigenvalue weighted by molar-refractivity contribution is 0.415. The molecule has 5 nitrogen and oxygen atoms in total. The smallest absolute Gasteiger partial charge is 0.201 e. The highest BCUT2D eigenvalue weighted by Gasteiger charge is 2.04. The Bertz CT molecular complexity index is 886. The number of hydrazone groups is 1. The number of nitrogens with zero attached hydrogens (tertiary/aromatic N) is 3.